The van der Waals surface area contributed by atoms with Crippen LogP contribution in [0.4, 0.5) is 0 Å². The van der Waals surface area contributed by atoms with Crippen LogP contribution in [0.25, 0.3) is 0 Å². The van der Waals surface area contributed by atoms with Gasteiger partial charge in [-0.15, -0.1) is 0 Å². The SMILES string of the molecule is CCCC1CCC2(C)C(CCC3C4CCCC4(C)CCC32)C1. The second-order valence-corrected chi connectivity index (χ2v) is 10.2. The van der Waals surface area contributed by atoms with E-state index in [1.807, 2.05) is 0 Å². The molecular formula is C22H38. The van der Waals surface area contributed by atoms with E-state index in [0.717, 1.165) is 40.4 Å². The van der Waals surface area contributed by atoms with E-state index in [0.29, 0.717) is 0 Å². The summed E-state index contributed by atoms with van der Waals surface area (Å²) >= 11 is 0. The van der Waals surface area contributed by atoms with Crippen molar-refractivity contribution >= 4 is 0 Å². The standard InChI is InChI=1S/C22H38/c1-4-6-16-10-14-22(3)17(15-16)8-9-18-19-7-5-12-21(19,2)13-11-20(18)22/h16-20H,4-15H2,1-3H3. The summed E-state index contributed by atoms with van der Waals surface area (Å²) in [4.78, 5) is 0. The van der Waals surface area contributed by atoms with Crippen molar-refractivity contribution in [3.63, 3.8) is 0 Å². The molecule has 4 rings (SSSR count). The van der Waals surface area contributed by atoms with Gasteiger partial charge in [0.15, 0.2) is 0 Å². The number of hydrogen-bond acceptors (Lipinski definition) is 0. The van der Waals surface area contributed by atoms with Crippen molar-refractivity contribution in [3.8, 4) is 0 Å². The van der Waals surface area contributed by atoms with Crippen molar-refractivity contribution in [1.82, 2.24) is 0 Å². The summed E-state index contributed by atoms with van der Waals surface area (Å²) in [5.74, 6) is 5.43. The molecule has 0 bridgehead atoms. The quantitative estimate of drug-likeness (QED) is 0.524. The first-order valence-corrected chi connectivity index (χ1v) is 10.6. The van der Waals surface area contributed by atoms with Crippen molar-refractivity contribution in [1.29, 1.82) is 0 Å². The average molecular weight is 303 g/mol. The first-order chi connectivity index (χ1) is 10.6. The molecule has 22 heavy (non-hydrogen) atoms. The van der Waals surface area contributed by atoms with Gasteiger partial charge in [-0.2, -0.15) is 0 Å². The third kappa shape index (κ3) is 2.22. The number of rotatable bonds is 2. The van der Waals surface area contributed by atoms with Gasteiger partial charge in [0.25, 0.3) is 0 Å². The fraction of sp³-hybridized carbons (Fsp3) is 1.00. The molecule has 0 aromatic carbocycles. The molecule has 4 aliphatic carbocycles. The van der Waals surface area contributed by atoms with Crippen LogP contribution in [0.5, 0.6) is 0 Å². The molecule has 0 aromatic rings. The second-order valence-electron chi connectivity index (χ2n) is 10.2. The molecule has 0 radical (unpaired) electrons. The smallest absolute Gasteiger partial charge is 0.0266 e. The Labute approximate surface area is 138 Å². The number of hydrogen-bond donors (Lipinski definition) is 0. The highest BCUT2D eigenvalue weighted by Crippen LogP contribution is 2.66. The van der Waals surface area contributed by atoms with E-state index in [1.165, 1.54) is 19.3 Å². The Kier molecular flexibility index (Phi) is 3.90. The van der Waals surface area contributed by atoms with Crippen molar-refractivity contribution < 1.29 is 0 Å². The molecule has 0 aromatic heterocycles. The average Bonchev–Trinajstić information content (AvgIpc) is 2.89. The maximum absolute atomic E-state index is 2.73. The third-order valence-electron chi connectivity index (χ3n) is 9.25. The van der Waals surface area contributed by atoms with E-state index in [2.05, 4.69) is 20.8 Å². The predicted octanol–water partition coefficient (Wildman–Crippen LogP) is 6.84. The zero-order valence-corrected chi connectivity index (χ0v) is 15.4. The van der Waals surface area contributed by atoms with Crippen molar-refractivity contribution in [2.75, 3.05) is 0 Å². The van der Waals surface area contributed by atoms with Crippen LogP contribution in [-0.4, -0.2) is 0 Å². The minimum Gasteiger partial charge on any atom is -0.0654 e. The van der Waals surface area contributed by atoms with Crippen molar-refractivity contribution in [2.24, 2.45) is 40.4 Å². The largest absolute Gasteiger partial charge is 0.0654 e. The highest BCUT2D eigenvalue weighted by molar-refractivity contribution is 5.07. The zero-order valence-electron chi connectivity index (χ0n) is 15.4. The lowest BCUT2D eigenvalue weighted by atomic mass is 9.44. The molecular weight excluding hydrogens is 264 g/mol. The maximum atomic E-state index is 2.73. The number of fused-ring (bicyclic) bond motifs is 5. The molecule has 0 amide bonds. The molecule has 0 aliphatic heterocycles. The Morgan fingerprint density at radius 3 is 2.55 bits per heavy atom. The molecule has 4 fully saturated rings. The van der Waals surface area contributed by atoms with Crippen LogP contribution < -0.4 is 0 Å². The fourth-order valence-electron chi connectivity index (χ4n) is 8.01. The molecule has 7 unspecified atom stereocenters. The molecule has 0 nitrogen and oxygen atoms in total. The van der Waals surface area contributed by atoms with Gasteiger partial charge in [0.1, 0.15) is 0 Å². The summed E-state index contributed by atoms with van der Waals surface area (Å²) in [6.45, 7) is 7.76. The van der Waals surface area contributed by atoms with Gasteiger partial charge in [-0.3, -0.25) is 0 Å². The molecule has 126 valence electrons. The summed E-state index contributed by atoms with van der Waals surface area (Å²) in [5.41, 5.74) is 1.46. The van der Waals surface area contributed by atoms with E-state index in [9.17, 15) is 0 Å². The van der Waals surface area contributed by atoms with Crippen LogP contribution in [0.2, 0.25) is 0 Å². The predicted molar refractivity (Wildman–Crippen MR) is 94.7 cm³/mol. The Hall–Kier alpha value is 0. The van der Waals surface area contributed by atoms with Gasteiger partial charge in [0, 0.05) is 0 Å². The Morgan fingerprint density at radius 1 is 0.864 bits per heavy atom. The Bertz CT molecular complexity index is 412. The summed E-state index contributed by atoms with van der Waals surface area (Å²) in [6, 6.07) is 0. The highest BCUT2D eigenvalue weighted by atomic mass is 14.6. The molecule has 0 saturated heterocycles. The van der Waals surface area contributed by atoms with Crippen LogP contribution in [0.3, 0.4) is 0 Å². The van der Waals surface area contributed by atoms with E-state index < -0.39 is 0 Å². The minimum atomic E-state index is 0.719. The fourth-order valence-corrected chi connectivity index (χ4v) is 8.01. The van der Waals surface area contributed by atoms with Gasteiger partial charge in [0.2, 0.25) is 0 Å². The van der Waals surface area contributed by atoms with Crippen LogP contribution in [-0.2, 0) is 0 Å². The third-order valence-corrected chi connectivity index (χ3v) is 9.25. The lowest BCUT2D eigenvalue weighted by molar-refractivity contribution is -0.111. The van der Waals surface area contributed by atoms with Crippen molar-refractivity contribution in [2.45, 2.75) is 97.8 Å². The van der Waals surface area contributed by atoms with Gasteiger partial charge in [-0.25, -0.2) is 0 Å². The second kappa shape index (κ2) is 5.52. The minimum absolute atomic E-state index is 0.719. The van der Waals surface area contributed by atoms with Crippen LogP contribution >= 0.6 is 0 Å². The first kappa shape index (κ1) is 15.5. The van der Waals surface area contributed by atoms with Crippen LogP contribution in [0.15, 0.2) is 0 Å². The maximum Gasteiger partial charge on any atom is -0.0266 e. The molecule has 0 heterocycles. The first-order valence-electron chi connectivity index (χ1n) is 10.6. The molecule has 0 N–H and O–H groups in total. The van der Waals surface area contributed by atoms with Gasteiger partial charge in [0.05, 0.1) is 0 Å². The normalized spacial score (nSPS) is 54.4. The van der Waals surface area contributed by atoms with Gasteiger partial charge >= 0.3 is 0 Å². The lowest BCUT2D eigenvalue weighted by Gasteiger charge is -2.60. The van der Waals surface area contributed by atoms with E-state index in [4.69, 9.17) is 0 Å². The van der Waals surface area contributed by atoms with E-state index >= 15 is 0 Å². The zero-order chi connectivity index (χ0) is 15.4. The van der Waals surface area contributed by atoms with Gasteiger partial charge in [-0.1, -0.05) is 40.0 Å². The molecule has 0 spiro atoms. The summed E-state index contributed by atoms with van der Waals surface area (Å²) in [6.07, 6.45) is 18.5. The van der Waals surface area contributed by atoms with E-state index in [1.54, 1.807) is 57.8 Å². The molecule has 4 saturated carbocycles. The topological polar surface area (TPSA) is 0 Å². The van der Waals surface area contributed by atoms with E-state index in [-0.39, 0.29) is 0 Å². The van der Waals surface area contributed by atoms with Crippen LogP contribution in [0.1, 0.15) is 97.8 Å². The monoisotopic (exact) mass is 302 g/mol. The summed E-state index contributed by atoms with van der Waals surface area (Å²) in [7, 11) is 0. The highest BCUT2D eigenvalue weighted by Gasteiger charge is 2.57. The summed E-state index contributed by atoms with van der Waals surface area (Å²) in [5, 5.41) is 0. The summed E-state index contributed by atoms with van der Waals surface area (Å²) < 4.78 is 0. The van der Waals surface area contributed by atoms with Crippen molar-refractivity contribution in [3.05, 3.63) is 0 Å². The van der Waals surface area contributed by atoms with Crippen LogP contribution in [0, 0.1) is 40.4 Å². The Morgan fingerprint density at radius 2 is 1.73 bits per heavy atom. The van der Waals surface area contributed by atoms with Gasteiger partial charge < -0.3 is 0 Å². The Balaban J connectivity index is 1.54. The molecule has 4 aliphatic rings. The molecule has 7 atom stereocenters. The lowest BCUT2D eigenvalue weighted by Crippen LogP contribution is -2.52. The van der Waals surface area contributed by atoms with Gasteiger partial charge in [-0.05, 0) is 98.2 Å². The molecule has 0 heteroatoms.